The number of benzene rings is 2. The number of methoxy groups -OCH3 is 2. The highest BCUT2D eigenvalue weighted by Crippen LogP contribution is 2.21. The molecule has 0 bridgehead atoms. The molecule has 28 heavy (non-hydrogen) atoms. The third kappa shape index (κ3) is 5.67. The van der Waals surface area contributed by atoms with Crippen LogP contribution < -0.4 is 15.4 Å². The van der Waals surface area contributed by atoms with Crippen LogP contribution in [0.2, 0.25) is 0 Å². The van der Waals surface area contributed by atoms with Gasteiger partial charge in [-0.05, 0) is 42.8 Å². The lowest BCUT2D eigenvalue weighted by Crippen LogP contribution is -2.37. The van der Waals surface area contributed by atoms with Crippen molar-refractivity contribution in [3.63, 3.8) is 0 Å². The summed E-state index contributed by atoms with van der Waals surface area (Å²) in [5, 5.41) is 6.00. The topological polar surface area (TPSA) is 72.0 Å². The monoisotopic (exact) mass is 391 g/mol. The van der Waals surface area contributed by atoms with E-state index in [1.807, 2.05) is 6.92 Å². The smallest absolute Gasteiger partial charge is 0.341 e. The highest BCUT2D eigenvalue weighted by Gasteiger charge is 2.13. The Bertz CT molecular complexity index is 857. The summed E-state index contributed by atoms with van der Waals surface area (Å²) in [6.45, 7) is 2.82. The highest BCUT2D eigenvalue weighted by molar-refractivity contribution is 5.92. The van der Waals surface area contributed by atoms with Crippen LogP contribution in [0, 0.1) is 11.6 Å². The second kappa shape index (κ2) is 10.2. The molecule has 2 aromatic carbocycles. The minimum Gasteiger partial charge on any atom is -0.496 e. The molecule has 0 amide bonds. The van der Waals surface area contributed by atoms with Gasteiger partial charge in [-0.2, -0.15) is 0 Å². The van der Waals surface area contributed by atoms with E-state index in [-0.39, 0.29) is 18.7 Å². The SMILES string of the molecule is CCNC(=NCc1ccc(OC)c(C(=O)OC)c1)NCc1cc(F)ccc1F. The van der Waals surface area contributed by atoms with E-state index in [4.69, 9.17) is 9.47 Å². The molecule has 0 unspecified atom stereocenters. The van der Waals surface area contributed by atoms with Crippen LogP contribution in [-0.4, -0.2) is 32.7 Å². The van der Waals surface area contributed by atoms with E-state index in [9.17, 15) is 13.6 Å². The first-order valence-electron chi connectivity index (χ1n) is 8.69. The van der Waals surface area contributed by atoms with Gasteiger partial charge in [0.05, 0.1) is 20.8 Å². The van der Waals surface area contributed by atoms with E-state index >= 15 is 0 Å². The van der Waals surface area contributed by atoms with Crippen LogP contribution in [0.4, 0.5) is 8.78 Å². The number of nitrogens with one attached hydrogen (secondary N) is 2. The summed E-state index contributed by atoms with van der Waals surface area (Å²) in [6, 6.07) is 8.38. The number of carbonyl (C=O) groups excluding carboxylic acids is 1. The van der Waals surface area contributed by atoms with Gasteiger partial charge in [-0.15, -0.1) is 0 Å². The molecule has 0 aliphatic heterocycles. The molecule has 0 heterocycles. The highest BCUT2D eigenvalue weighted by atomic mass is 19.1. The van der Waals surface area contributed by atoms with E-state index in [1.54, 1.807) is 18.2 Å². The summed E-state index contributed by atoms with van der Waals surface area (Å²) in [7, 11) is 2.77. The number of esters is 1. The van der Waals surface area contributed by atoms with Crippen molar-refractivity contribution in [1.29, 1.82) is 0 Å². The predicted octanol–water partition coefficient (Wildman–Crippen LogP) is 3.02. The molecule has 0 radical (unpaired) electrons. The van der Waals surface area contributed by atoms with Gasteiger partial charge in [0, 0.05) is 18.7 Å². The van der Waals surface area contributed by atoms with Crippen molar-refractivity contribution < 1.29 is 23.0 Å². The number of ether oxygens (including phenoxy) is 2. The van der Waals surface area contributed by atoms with Crippen molar-refractivity contribution in [1.82, 2.24) is 10.6 Å². The van der Waals surface area contributed by atoms with E-state index < -0.39 is 17.6 Å². The second-order valence-electron chi connectivity index (χ2n) is 5.81. The van der Waals surface area contributed by atoms with E-state index in [0.29, 0.717) is 23.8 Å². The molecule has 150 valence electrons. The Kier molecular flexibility index (Phi) is 7.74. The maximum Gasteiger partial charge on any atom is 0.341 e. The molecule has 0 aliphatic carbocycles. The Balaban J connectivity index is 2.13. The molecule has 8 heteroatoms. The van der Waals surface area contributed by atoms with E-state index in [0.717, 1.165) is 23.8 Å². The fraction of sp³-hybridized carbons (Fsp3) is 0.300. The summed E-state index contributed by atoms with van der Waals surface area (Å²) in [6.07, 6.45) is 0. The van der Waals surface area contributed by atoms with Gasteiger partial charge in [-0.25, -0.2) is 18.6 Å². The fourth-order valence-corrected chi connectivity index (χ4v) is 2.49. The number of nitrogens with zero attached hydrogens (tertiary/aromatic N) is 1. The van der Waals surface area contributed by atoms with Crippen molar-refractivity contribution in [2.45, 2.75) is 20.0 Å². The first-order valence-corrected chi connectivity index (χ1v) is 8.69. The summed E-state index contributed by atoms with van der Waals surface area (Å²) in [5.74, 6) is -0.668. The Morgan fingerprint density at radius 3 is 2.57 bits per heavy atom. The van der Waals surface area contributed by atoms with Crippen LogP contribution in [0.5, 0.6) is 5.75 Å². The molecule has 2 aromatic rings. The van der Waals surface area contributed by atoms with Gasteiger partial charge >= 0.3 is 5.97 Å². The molecule has 0 spiro atoms. The first-order chi connectivity index (χ1) is 13.5. The maximum absolute atomic E-state index is 13.8. The molecule has 0 saturated heterocycles. The zero-order chi connectivity index (χ0) is 20.5. The molecular weight excluding hydrogens is 368 g/mol. The van der Waals surface area contributed by atoms with Crippen LogP contribution in [-0.2, 0) is 17.8 Å². The zero-order valence-electron chi connectivity index (χ0n) is 16.0. The molecule has 6 nitrogen and oxygen atoms in total. The third-order valence-electron chi connectivity index (χ3n) is 3.89. The largest absolute Gasteiger partial charge is 0.496 e. The van der Waals surface area contributed by atoms with Gasteiger partial charge in [0.25, 0.3) is 0 Å². The number of rotatable bonds is 7. The predicted molar refractivity (Wildman–Crippen MR) is 102 cm³/mol. The molecule has 0 aromatic heterocycles. The quantitative estimate of drug-likeness (QED) is 0.431. The zero-order valence-corrected chi connectivity index (χ0v) is 16.0. The van der Waals surface area contributed by atoms with Crippen LogP contribution in [0.1, 0.15) is 28.4 Å². The molecule has 0 saturated carbocycles. The van der Waals surface area contributed by atoms with E-state index in [2.05, 4.69) is 15.6 Å². The van der Waals surface area contributed by atoms with Crippen molar-refractivity contribution in [2.75, 3.05) is 20.8 Å². The standard InChI is InChI=1S/C20H23F2N3O3/c1-4-23-20(25-12-14-10-15(21)6-7-17(14)22)24-11-13-5-8-18(27-2)16(9-13)19(26)28-3/h5-10H,4,11-12H2,1-3H3,(H2,23,24,25). The Labute approximate surface area is 162 Å². The first kappa shape index (κ1) is 21.1. The van der Waals surface area contributed by atoms with Crippen molar-refractivity contribution in [3.05, 3.63) is 64.7 Å². The number of aliphatic imine (C=N–C) groups is 1. The second-order valence-corrected chi connectivity index (χ2v) is 5.81. The molecular formula is C20H23F2N3O3. The van der Waals surface area contributed by atoms with Crippen LogP contribution in [0.3, 0.4) is 0 Å². The van der Waals surface area contributed by atoms with Gasteiger partial charge in [-0.3, -0.25) is 0 Å². The molecule has 0 atom stereocenters. The molecule has 2 rings (SSSR count). The minimum atomic E-state index is -0.506. The summed E-state index contributed by atoms with van der Waals surface area (Å²) >= 11 is 0. The Hall–Kier alpha value is -3.16. The Morgan fingerprint density at radius 2 is 1.89 bits per heavy atom. The maximum atomic E-state index is 13.8. The summed E-state index contributed by atoms with van der Waals surface area (Å²) < 4.78 is 37.0. The lowest BCUT2D eigenvalue weighted by molar-refractivity contribution is 0.0597. The molecule has 0 fully saturated rings. The molecule has 0 aliphatic rings. The average molecular weight is 391 g/mol. The van der Waals surface area contributed by atoms with Crippen LogP contribution in [0.15, 0.2) is 41.4 Å². The average Bonchev–Trinajstić information content (AvgIpc) is 2.71. The fourth-order valence-electron chi connectivity index (χ4n) is 2.49. The van der Waals surface area contributed by atoms with Gasteiger partial charge in [0.1, 0.15) is 22.9 Å². The lowest BCUT2D eigenvalue weighted by atomic mass is 10.1. The van der Waals surface area contributed by atoms with Crippen molar-refractivity contribution >= 4 is 11.9 Å². The number of hydrogen-bond donors (Lipinski definition) is 2. The number of carbonyl (C=O) groups is 1. The van der Waals surface area contributed by atoms with Crippen molar-refractivity contribution in [3.8, 4) is 5.75 Å². The van der Waals surface area contributed by atoms with Gasteiger partial charge < -0.3 is 20.1 Å². The number of guanidine groups is 1. The number of hydrogen-bond acceptors (Lipinski definition) is 4. The van der Waals surface area contributed by atoms with Crippen LogP contribution >= 0.6 is 0 Å². The summed E-state index contributed by atoms with van der Waals surface area (Å²) in [5.41, 5.74) is 1.26. The van der Waals surface area contributed by atoms with Gasteiger partial charge in [-0.1, -0.05) is 6.07 Å². The summed E-state index contributed by atoms with van der Waals surface area (Å²) in [4.78, 5) is 16.3. The molecule has 2 N–H and O–H groups in total. The van der Waals surface area contributed by atoms with Gasteiger partial charge in [0.2, 0.25) is 0 Å². The number of halogens is 2. The third-order valence-corrected chi connectivity index (χ3v) is 3.89. The van der Waals surface area contributed by atoms with Crippen molar-refractivity contribution in [2.24, 2.45) is 4.99 Å². The van der Waals surface area contributed by atoms with Crippen LogP contribution in [0.25, 0.3) is 0 Å². The van der Waals surface area contributed by atoms with Gasteiger partial charge in [0.15, 0.2) is 5.96 Å². The Morgan fingerprint density at radius 1 is 1.11 bits per heavy atom. The normalized spacial score (nSPS) is 11.1. The lowest BCUT2D eigenvalue weighted by Gasteiger charge is -2.12. The minimum absolute atomic E-state index is 0.0749. The van der Waals surface area contributed by atoms with E-state index in [1.165, 1.54) is 14.2 Å².